The molecule has 0 bridgehead atoms. The molecule has 3 rings (SSSR count). The highest BCUT2D eigenvalue weighted by atomic mass is 16.2. The molecule has 0 aliphatic carbocycles. The van der Waals surface area contributed by atoms with Crippen molar-refractivity contribution in [1.82, 2.24) is 15.1 Å². The number of piperazine rings is 1. The molecule has 2 aliphatic rings. The highest BCUT2D eigenvalue weighted by Crippen LogP contribution is 2.22. The van der Waals surface area contributed by atoms with Crippen molar-refractivity contribution in [3.63, 3.8) is 0 Å². The molecular weight excluding hydrogens is 286 g/mol. The van der Waals surface area contributed by atoms with Gasteiger partial charge in [-0.1, -0.05) is 42.5 Å². The predicted molar refractivity (Wildman–Crippen MR) is 94.1 cm³/mol. The first-order valence-electron chi connectivity index (χ1n) is 8.66. The van der Waals surface area contributed by atoms with Gasteiger partial charge in [0.15, 0.2) is 0 Å². The van der Waals surface area contributed by atoms with Crippen LogP contribution in [0.1, 0.15) is 25.3 Å². The predicted octanol–water partition coefficient (Wildman–Crippen LogP) is 1.99. The summed E-state index contributed by atoms with van der Waals surface area (Å²) in [7, 11) is 0. The molecule has 4 nitrogen and oxygen atoms in total. The van der Waals surface area contributed by atoms with Crippen molar-refractivity contribution in [2.45, 2.75) is 25.3 Å². The molecule has 2 saturated heterocycles. The number of nitrogens with one attached hydrogen (secondary N) is 1. The minimum absolute atomic E-state index is 0.287. The Hall–Kier alpha value is -1.65. The van der Waals surface area contributed by atoms with E-state index in [1.807, 2.05) is 11.0 Å². The Kier molecular flexibility index (Phi) is 5.13. The van der Waals surface area contributed by atoms with Gasteiger partial charge < -0.3 is 10.2 Å². The number of amides is 1. The first-order valence-corrected chi connectivity index (χ1v) is 8.66. The van der Waals surface area contributed by atoms with Gasteiger partial charge in [-0.25, -0.2) is 0 Å². The van der Waals surface area contributed by atoms with Crippen LogP contribution in [-0.2, 0) is 4.79 Å². The van der Waals surface area contributed by atoms with Gasteiger partial charge in [0, 0.05) is 32.7 Å². The molecule has 2 heterocycles. The van der Waals surface area contributed by atoms with Crippen LogP contribution in [0.15, 0.2) is 36.4 Å². The standard InChI is InChI=1S/C19H27N3O/c1-19(10-6-11-20-19)18(23)22-15-13-21(14-16-22)12-5-9-17-7-3-2-4-8-17/h2-5,7-9,20H,6,10-16H2,1H3. The fourth-order valence-corrected chi connectivity index (χ4v) is 3.46. The second kappa shape index (κ2) is 7.28. The van der Waals surface area contributed by atoms with Crippen LogP contribution in [-0.4, -0.2) is 60.5 Å². The molecule has 0 spiro atoms. The van der Waals surface area contributed by atoms with Crippen LogP contribution in [0.4, 0.5) is 0 Å². The number of hydrogen-bond acceptors (Lipinski definition) is 3. The Morgan fingerprint density at radius 3 is 2.61 bits per heavy atom. The van der Waals surface area contributed by atoms with E-state index in [1.54, 1.807) is 0 Å². The lowest BCUT2D eigenvalue weighted by Gasteiger charge is -2.38. The number of carbonyl (C=O) groups is 1. The van der Waals surface area contributed by atoms with E-state index in [0.29, 0.717) is 0 Å². The van der Waals surface area contributed by atoms with Gasteiger partial charge in [0.1, 0.15) is 0 Å². The zero-order chi connectivity index (χ0) is 16.1. The molecule has 1 amide bonds. The van der Waals surface area contributed by atoms with Crippen LogP contribution in [0.5, 0.6) is 0 Å². The Labute approximate surface area is 139 Å². The van der Waals surface area contributed by atoms with E-state index in [4.69, 9.17) is 0 Å². The van der Waals surface area contributed by atoms with Crippen LogP contribution < -0.4 is 5.32 Å². The maximum Gasteiger partial charge on any atom is 0.242 e. The highest BCUT2D eigenvalue weighted by Gasteiger charge is 2.39. The average molecular weight is 313 g/mol. The third kappa shape index (κ3) is 4.01. The van der Waals surface area contributed by atoms with Gasteiger partial charge in [-0.05, 0) is 31.9 Å². The first-order chi connectivity index (χ1) is 11.2. The third-order valence-corrected chi connectivity index (χ3v) is 4.97. The van der Waals surface area contributed by atoms with Crippen molar-refractivity contribution in [1.29, 1.82) is 0 Å². The summed E-state index contributed by atoms with van der Waals surface area (Å²) in [5, 5.41) is 3.38. The van der Waals surface area contributed by atoms with Crippen LogP contribution in [0.2, 0.25) is 0 Å². The number of carbonyl (C=O) groups excluding carboxylic acids is 1. The van der Waals surface area contributed by atoms with Crippen molar-refractivity contribution in [3.8, 4) is 0 Å². The largest absolute Gasteiger partial charge is 0.339 e. The molecule has 23 heavy (non-hydrogen) atoms. The van der Waals surface area contributed by atoms with E-state index in [2.05, 4.69) is 53.6 Å². The maximum absolute atomic E-state index is 12.7. The SMILES string of the molecule is CC1(C(=O)N2CCN(CC=Cc3ccccc3)CC2)CCCN1. The molecule has 0 saturated carbocycles. The van der Waals surface area contributed by atoms with E-state index in [-0.39, 0.29) is 11.4 Å². The molecule has 4 heteroatoms. The van der Waals surface area contributed by atoms with Crippen LogP contribution in [0.25, 0.3) is 6.08 Å². The molecule has 1 unspecified atom stereocenters. The van der Waals surface area contributed by atoms with Crippen molar-refractivity contribution >= 4 is 12.0 Å². The molecule has 0 radical (unpaired) electrons. The van der Waals surface area contributed by atoms with Crippen LogP contribution >= 0.6 is 0 Å². The van der Waals surface area contributed by atoms with E-state index in [0.717, 1.165) is 52.1 Å². The van der Waals surface area contributed by atoms with Crippen molar-refractivity contribution in [3.05, 3.63) is 42.0 Å². The second-order valence-corrected chi connectivity index (χ2v) is 6.77. The molecule has 0 aromatic heterocycles. The Bertz CT molecular complexity index is 541. The smallest absolute Gasteiger partial charge is 0.242 e. The summed E-state index contributed by atoms with van der Waals surface area (Å²) in [6.45, 7) is 7.57. The Morgan fingerprint density at radius 2 is 1.96 bits per heavy atom. The van der Waals surface area contributed by atoms with Gasteiger partial charge in [-0.3, -0.25) is 9.69 Å². The lowest BCUT2D eigenvalue weighted by molar-refractivity contribution is -0.138. The second-order valence-electron chi connectivity index (χ2n) is 6.77. The van der Waals surface area contributed by atoms with E-state index >= 15 is 0 Å². The number of hydrogen-bond donors (Lipinski definition) is 1. The first kappa shape index (κ1) is 16.2. The number of rotatable bonds is 4. The monoisotopic (exact) mass is 313 g/mol. The molecule has 124 valence electrons. The van der Waals surface area contributed by atoms with Gasteiger partial charge in [-0.2, -0.15) is 0 Å². The lowest BCUT2D eigenvalue weighted by atomic mass is 9.98. The molecule has 1 aromatic rings. The summed E-state index contributed by atoms with van der Waals surface area (Å²) in [5.74, 6) is 0.287. The minimum Gasteiger partial charge on any atom is -0.339 e. The van der Waals surface area contributed by atoms with Gasteiger partial charge in [-0.15, -0.1) is 0 Å². The fourth-order valence-electron chi connectivity index (χ4n) is 3.46. The Balaban J connectivity index is 1.45. The summed E-state index contributed by atoms with van der Waals surface area (Å²) in [6, 6.07) is 10.4. The van der Waals surface area contributed by atoms with Gasteiger partial charge in [0.25, 0.3) is 0 Å². The normalized spacial score (nSPS) is 26.0. The Morgan fingerprint density at radius 1 is 1.22 bits per heavy atom. The summed E-state index contributed by atoms with van der Waals surface area (Å²) >= 11 is 0. The van der Waals surface area contributed by atoms with Gasteiger partial charge in [0.05, 0.1) is 5.54 Å². The summed E-state index contributed by atoms with van der Waals surface area (Å²) < 4.78 is 0. The molecule has 2 aliphatic heterocycles. The zero-order valence-corrected chi connectivity index (χ0v) is 14.0. The zero-order valence-electron chi connectivity index (χ0n) is 14.0. The fraction of sp³-hybridized carbons (Fsp3) is 0.526. The quantitative estimate of drug-likeness (QED) is 0.923. The molecule has 2 fully saturated rings. The van der Waals surface area contributed by atoms with Crippen LogP contribution in [0.3, 0.4) is 0 Å². The summed E-state index contributed by atoms with van der Waals surface area (Å²) in [5.41, 5.74) is 0.914. The van der Waals surface area contributed by atoms with Crippen LogP contribution in [0, 0.1) is 0 Å². The minimum atomic E-state index is -0.324. The topological polar surface area (TPSA) is 35.6 Å². The molecule has 1 N–H and O–H groups in total. The molecule has 1 aromatic carbocycles. The van der Waals surface area contributed by atoms with E-state index < -0.39 is 0 Å². The van der Waals surface area contributed by atoms with E-state index in [1.165, 1.54) is 5.56 Å². The lowest BCUT2D eigenvalue weighted by Crippen LogP contribution is -2.57. The number of benzene rings is 1. The third-order valence-electron chi connectivity index (χ3n) is 4.97. The highest BCUT2D eigenvalue weighted by molar-refractivity contribution is 5.86. The molecule has 1 atom stereocenters. The van der Waals surface area contributed by atoms with Gasteiger partial charge >= 0.3 is 0 Å². The van der Waals surface area contributed by atoms with Crippen molar-refractivity contribution in [2.24, 2.45) is 0 Å². The summed E-state index contributed by atoms with van der Waals surface area (Å²) in [4.78, 5) is 17.1. The van der Waals surface area contributed by atoms with Gasteiger partial charge in [0.2, 0.25) is 5.91 Å². The molecular formula is C19H27N3O. The average Bonchev–Trinajstić information content (AvgIpc) is 3.04. The number of nitrogens with zero attached hydrogens (tertiary/aromatic N) is 2. The maximum atomic E-state index is 12.7. The van der Waals surface area contributed by atoms with E-state index in [9.17, 15) is 4.79 Å². The van der Waals surface area contributed by atoms with Crippen molar-refractivity contribution in [2.75, 3.05) is 39.3 Å². The van der Waals surface area contributed by atoms with Crippen molar-refractivity contribution < 1.29 is 4.79 Å². The summed E-state index contributed by atoms with van der Waals surface area (Å²) in [6.07, 6.45) is 6.45.